The van der Waals surface area contributed by atoms with Crippen LogP contribution in [0.15, 0.2) is 35.1 Å². The van der Waals surface area contributed by atoms with E-state index in [0.717, 1.165) is 64.6 Å². The van der Waals surface area contributed by atoms with Crippen molar-refractivity contribution < 1.29 is 32.7 Å². The van der Waals surface area contributed by atoms with E-state index in [2.05, 4.69) is 14.9 Å². The van der Waals surface area contributed by atoms with Gasteiger partial charge in [0.25, 0.3) is 11.2 Å². The van der Waals surface area contributed by atoms with Crippen LogP contribution in [0.5, 0.6) is 5.75 Å². The molecular formula is C38H51F2N5O7S. The lowest BCUT2D eigenvalue weighted by atomic mass is 9.78. The van der Waals surface area contributed by atoms with E-state index < -0.39 is 33.8 Å². The maximum atomic E-state index is 15.0. The smallest absolute Gasteiger partial charge is 0.415 e. The molecule has 0 spiro atoms. The number of H-pyrrole nitrogens is 1. The second-order valence-electron chi connectivity index (χ2n) is 14.7. The summed E-state index contributed by atoms with van der Waals surface area (Å²) in [5.41, 5.74) is -1.42. The Morgan fingerprint density at radius 2 is 1.77 bits per heavy atom. The number of ether oxygens (including phenoxy) is 3. The van der Waals surface area contributed by atoms with Crippen LogP contribution in [-0.4, -0.2) is 82.2 Å². The average molecular weight is 760 g/mol. The van der Waals surface area contributed by atoms with Crippen LogP contribution in [0, 0.1) is 33.6 Å². The van der Waals surface area contributed by atoms with Gasteiger partial charge in [0.2, 0.25) is 0 Å². The first-order valence-corrected chi connectivity index (χ1v) is 19.6. The zero-order valence-electron chi connectivity index (χ0n) is 31.2. The van der Waals surface area contributed by atoms with E-state index in [1.165, 1.54) is 23.1 Å². The molecule has 3 heterocycles. The summed E-state index contributed by atoms with van der Waals surface area (Å²) in [6, 6.07) is 5.89. The van der Waals surface area contributed by atoms with Crippen molar-refractivity contribution in [3.8, 4) is 5.75 Å². The quantitative estimate of drug-likeness (QED) is 0.152. The molecule has 2 aromatic carbocycles. The molecule has 53 heavy (non-hydrogen) atoms. The Kier molecular flexibility index (Phi) is 13.7. The molecule has 3 aromatic rings. The molecule has 0 bridgehead atoms. The minimum atomic E-state index is -0.843. The van der Waals surface area contributed by atoms with Gasteiger partial charge in [-0.3, -0.25) is 19.8 Å². The molecule has 3 aliphatic rings. The maximum absolute atomic E-state index is 15.0. The summed E-state index contributed by atoms with van der Waals surface area (Å²) in [6.45, 7) is 13.6. The number of halogens is 2. The van der Waals surface area contributed by atoms with Crippen molar-refractivity contribution in [1.82, 2.24) is 14.9 Å². The molecule has 0 atom stereocenters. The number of carbonyl (C=O) groups excluding carboxylic acids is 1. The van der Waals surface area contributed by atoms with Crippen molar-refractivity contribution >= 4 is 40.1 Å². The highest BCUT2D eigenvalue weighted by Crippen LogP contribution is 2.38. The first kappa shape index (κ1) is 40.4. The Bertz CT molecular complexity index is 1780. The summed E-state index contributed by atoms with van der Waals surface area (Å²) >= 11 is 1.72. The Hall–Kier alpha value is -3.82. The Morgan fingerprint density at radius 3 is 2.42 bits per heavy atom. The fourth-order valence-electron chi connectivity index (χ4n) is 6.97. The SMILES string of the molecule is CC.CC(C)(C)OC(=O)N(c1ccc([N+](=O)[O-])cc1F)C1CC(CN2CCC(COc3cc(F)c4c(=O)[nH]c(CSC5CCOCC5)nc4c3)CC2)C1. The number of nitrogens with zero attached hydrogens (tertiary/aromatic N) is 4. The summed E-state index contributed by atoms with van der Waals surface area (Å²) in [7, 11) is 0. The van der Waals surface area contributed by atoms with Crippen molar-refractivity contribution in [3.05, 3.63) is 68.3 Å². The highest BCUT2D eigenvalue weighted by atomic mass is 32.2. The largest absolute Gasteiger partial charge is 0.493 e. The van der Waals surface area contributed by atoms with Crippen LogP contribution >= 0.6 is 11.8 Å². The first-order chi connectivity index (χ1) is 25.3. The third-order valence-corrected chi connectivity index (χ3v) is 11.1. The van der Waals surface area contributed by atoms with Gasteiger partial charge >= 0.3 is 6.09 Å². The van der Waals surface area contributed by atoms with Gasteiger partial charge in [0, 0.05) is 49.2 Å². The molecule has 12 nitrogen and oxygen atoms in total. The number of hydrogen-bond acceptors (Lipinski definition) is 10. The topological polar surface area (TPSA) is 140 Å². The molecule has 1 amide bonds. The van der Waals surface area contributed by atoms with E-state index in [1.54, 1.807) is 38.6 Å². The summed E-state index contributed by atoms with van der Waals surface area (Å²) in [4.78, 5) is 47.3. The van der Waals surface area contributed by atoms with Gasteiger partial charge in [-0.1, -0.05) is 13.8 Å². The Morgan fingerprint density at radius 1 is 1.08 bits per heavy atom. The molecule has 1 saturated carbocycles. The first-order valence-electron chi connectivity index (χ1n) is 18.6. The van der Waals surface area contributed by atoms with Crippen molar-refractivity contribution in [1.29, 1.82) is 0 Å². The van der Waals surface area contributed by atoms with E-state index >= 15 is 8.78 Å². The summed E-state index contributed by atoms with van der Waals surface area (Å²) in [6.07, 6.45) is 4.33. The number of nitro groups is 1. The third kappa shape index (κ3) is 10.7. The zero-order chi connectivity index (χ0) is 38.3. The lowest BCUT2D eigenvalue weighted by molar-refractivity contribution is -0.385. The predicted octanol–water partition coefficient (Wildman–Crippen LogP) is 7.86. The van der Waals surface area contributed by atoms with Gasteiger partial charge in [-0.25, -0.2) is 18.6 Å². The van der Waals surface area contributed by atoms with Crippen LogP contribution in [0.1, 0.15) is 79.0 Å². The molecular weight excluding hydrogens is 709 g/mol. The number of amides is 1. The van der Waals surface area contributed by atoms with E-state index in [-0.39, 0.29) is 34.2 Å². The molecule has 1 N–H and O–H groups in total. The molecule has 1 aliphatic carbocycles. The van der Waals surface area contributed by atoms with Crippen molar-refractivity contribution in [3.63, 3.8) is 0 Å². The molecule has 6 rings (SSSR count). The number of benzene rings is 2. The lowest BCUT2D eigenvalue weighted by Gasteiger charge is -2.45. The van der Waals surface area contributed by atoms with E-state index in [1.807, 2.05) is 13.8 Å². The van der Waals surface area contributed by atoms with Crippen LogP contribution in [-0.2, 0) is 15.2 Å². The van der Waals surface area contributed by atoms with Crippen LogP contribution in [0.25, 0.3) is 10.9 Å². The van der Waals surface area contributed by atoms with E-state index in [9.17, 15) is 19.7 Å². The number of fused-ring (bicyclic) bond motifs is 1. The molecule has 1 aromatic heterocycles. The number of likely N-dealkylation sites (tertiary alicyclic amines) is 1. The highest BCUT2D eigenvalue weighted by molar-refractivity contribution is 7.99. The summed E-state index contributed by atoms with van der Waals surface area (Å²) < 4.78 is 47.1. The fourth-order valence-corrected chi connectivity index (χ4v) is 8.03. The molecule has 0 unspecified atom stereocenters. The van der Waals surface area contributed by atoms with Gasteiger partial charge in [-0.05, 0) is 90.3 Å². The second-order valence-corrected chi connectivity index (χ2v) is 16.0. The fraction of sp³-hybridized carbons (Fsp3) is 0.605. The number of nitro benzene ring substituents is 1. The average Bonchev–Trinajstić information content (AvgIpc) is 3.10. The third-order valence-electron chi connectivity index (χ3n) is 9.68. The number of anilines is 1. The lowest BCUT2D eigenvalue weighted by Crippen LogP contribution is -2.52. The van der Waals surface area contributed by atoms with E-state index in [0.29, 0.717) is 47.9 Å². The highest BCUT2D eigenvalue weighted by Gasteiger charge is 2.41. The number of thioether (sulfide) groups is 1. The maximum Gasteiger partial charge on any atom is 0.415 e. The van der Waals surface area contributed by atoms with Gasteiger partial charge in [0.1, 0.15) is 28.4 Å². The van der Waals surface area contributed by atoms with Crippen molar-refractivity contribution in [2.45, 2.75) is 95.8 Å². The van der Waals surface area contributed by atoms with Crippen LogP contribution < -0.4 is 15.2 Å². The Balaban J connectivity index is 0.00000266. The summed E-state index contributed by atoms with van der Waals surface area (Å²) in [5, 5.41) is 11.5. The zero-order valence-corrected chi connectivity index (χ0v) is 32.0. The number of piperidine rings is 1. The molecule has 15 heteroatoms. The number of non-ortho nitro benzene ring substituents is 1. The van der Waals surface area contributed by atoms with Gasteiger partial charge in [-0.2, -0.15) is 11.8 Å². The molecule has 2 aliphatic heterocycles. The minimum Gasteiger partial charge on any atom is -0.493 e. The van der Waals surface area contributed by atoms with Gasteiger partial charge in [0.15, 0.2) is 5.82 Å². The molecule has 3 fully saturated rings. The van der Waals surface area contributed by atoms with Crippen molar-refractivity contribution in [2.24, 2.45) is 11.8 Å². The monoisotopic (exact) mass is 759 g/mol. The molecule has 2 saturated heterocycles. The molecule has 0 radical (unpaired) electrons. The van der Waals surface area contributed by atoms with E-state index in [4.69, 9.17) is 14.2 Å². The number of aromatic nitrogens is 2. The molecule has 290 valence electrons. The minimum absolute atomic E-state index is 0.0296. The normalized spacial score (nSPS) is 19.9. The number of nitrogens with one attached hydrogen (secondary N) is 1. The second kappa shape index (κ2) is 18.0. The standard InChI is InChI=1S/C36H45F2N5O7S.C2H6/c1-36(2,3)50-35(45)42(31-5-4-24(43(46)47)16-28(31)37)25-14-23(15-25)19-41-10-6-22(7-11-41)20-49-26-17-29(38)33-30(18-26)39-32(40-34(33)44)21-51-27-8-12-48-13-9-27;1-2/h4-5,16-18,22-23,25,27H,6-15,19-21H2,1-3H3,(H,39,40,44);1-2H3. The van der Waals surface area contributed by atoms with Crippen molar-refractivity contribution in [2.75, 3.05) is 44.4 Å². The summed E-state index contributed by atoms with van der Waals surface area (Å²) in [5.74, 6) is 0.470. The van der Waals surface area contributed by atoms with Crippen LogP contribution in [0.3, 0.4) is 0 Å². The number of aromatic amines is 1. The van der Waals surface area contributed by atoms with Gasteiger partial charge < -0.3 is 24.1 Å². The van der Waals surface area contributed by atoms with Crippen LogP contribution in [0.4, 0.5) is 25.0 Å². The van der Waals surface area contributed by atoms with Gasteiger partial charge in [0.05, 0.1) is 34.6 Å². The predicted molar refractivity (Wildman–Crippen MR) is 202 cm³/mol. The Labute approximate surface area is 313 Å². The number of hydrogen-bond donors (Lipinski definition) is 1. The van der Waals surface area contributed by atoms with Gasteiger partial charge in [-0.15, -0.1) is 0 Å². The number of rotatable bonds is 11. The van der Waals surface area contributed by atoms with Crippen LogP contribution in [0.2, 0.25) is 0 Å². The number of carbonyl (C=O) groups is 1.